The van der Waals surface area contributed by atoms with E-state index in [1.165, 1.54) is 24.8 Å². The van der Waals surface area contributed by atoms with Gasteiger partial charge in [0.2, 0.25) is 0 Å². The molecular weight excluding hydrogens is 234 g/mol. The first kappa shape index (κ1) is 14.5. The molecule has 2 atom stereocenters. The van der Waals surface area contributed by atoms with Gasteiger partial charge in [0.25, 0.3) is 0 Å². The van der Waals surface area contributed by atoms with Gasteiger partial charge in [0.1, 0.15) is 0 Å². The Balaban J connectivity index is 2.15. The molecule has 0 spiro atoms. The molecular formula is C17H27NO. The molecule has 0 amide bonds. The van der Waals surface area contributed by atoms with E-state index in [4.69, 9.17) is 4.74 Å². The second-order valence-corrected chi connectivity index (χ2v) is 5.46. The number of benzene rings is 1. The molecule has 0 aliphatic carbocycles. The molecule has 1 aliphatic rings. The standard InChI is InChI=1S/C17H27NO/c1-3-16(14-8-6-5-7-9-14)17(18-4-2)15-10-12-19-13-11-15/h5-9,15-18H,3-4,10-13H2,1-2H3. The molecule has 1 N–H and O–H groups in total. The van der Waals surface area contributed by atoms with Gasteiger partial charge >= 0.3 is 0 Å². The molecule has 2 heteroatoms. The molecule has 0 radical (unpaired) electrons. The van der Waals surface area contributed by atoms with Crippen LogP contribution >= 0.6 is 0 Å². The lowest BCUT2D eigenvalue weighted by molar-refractivity contribution is 0.0497. The first-order valence-electron chi connectivity index (χ1n) is 7.72. The molecule has 1 aliphatic heterocycles. The number of likely N-dealkylation sites (N-methyl/N-ethyl adjacent to an activating group) is 1. The van der Waals surface area contributed by atoms with Crippen LogP contribution in [0.4, 0.5) is 0 Å². The number of hydrogen-bond acceptors (Lipinski definition) is 2. The van der Waals surface area contributed by atoms with Gasteiger partial charge in [-0.1, -0.05) is 44.2 Å². The summed E-state index contributed by atoms with van der Waals surface area (Å²) in [6.07, 6.45) is 3.58. The largest absolute Gasteiger partial charge is 0.381 e. The summed E-state index contributed by atoms with van der Waals surface area (Å²) in [4.78, 5) is 0. The molecule has 106 valence electrons. The molecule has 1 aromatic rings. The maximum atomic E-state index is 5.52. The Hall–Kier alpha value is -0.860. The van der Waals surface area contributed by atoms with Crippen molar-refractivity contribution in [3.8, 4) is 0 Å². The van der Waals surface area contributed by atoms with E-state index in [0.717, 1.165) is 25.7 Å². The average Bonchev–Trinajstić information content (AvgIpc) is 2.49. The molecule has 2 nitrogen and oxygen atoms in total. The summed E-state index contributed by atoms with van der Waals surface area (Å²) in [5.41, 5.74) is 1.47. The fraction of sp³-hybridized carbons (Fsp3) is 0.647. The van der Waals surface area contributed by atoms with Crippen molar-refractivity contribution in [2.24, 2.45) is 5.92 Å². The molecule has 0 saturated carbocycles. The number of nitrogens with one attached hydrogen (secondary N) is 1. The van der Waals surface area contributed by atoms with E-state index in [9.17, 15) is 0 Å². The third-order valence-corrected chi connectivity index (χ3v) is 4.31. The van der Waals surface area contributed by atoms with E-state index in [1.807, 2.05) is 0 Å². The van der Waals surface area contributed by atoms with Gasteiger partial charge in [-0.2, -0.15) is 0 Å². The van der Waals surface area contributed by atoms with Crippen molar-refractivity contribution in [3.63, 3.8) is 0 Å². The van der Waals surface area contributed by atoms with Crippen molar-refractivity contribution in [2.75, 3.05) is 19.8 Å². The van der Waals surface area contributed by atoms with Gasteiger partial charge in [0, 0.05) is 19.3 Å². The Morgan fingerprint density at radius 1 is 1.16 bits per heavy atom. The molecule has 2 unspecified atom stereocenters. The van der Waals surface area contributed by atoms with E-state index >= 15 is 0 Å². The maximum absolute atomic E-state index is 5.52. The Morgan fingerprint density at radius 3 is 2.42 bits per heavy atom. The predicted molar refractivity (Wildman–Crippen MR) is 80.5 cm³/mol. The van der Waals surface area contributed by atoms with Crippen molar-refractivity contribution in [3.05, 3.63) is 35.9 Å². The fourth-order valence-electron chi connectivity index (χ4n) is 3.35. The Morgan fingerprint density at radius 2 is 1.84 bits per heavy atom. The third-order valence-electron chi connectivity index (χ3n) is 4.31. The van der Waals surface area contributed by atoms with Crippen LogP contribution < -0.4 is 5.32 Å². The molecule has 0 aromatic heterocycles. The highest BCUT2D eigenvalue weighted by Crippen LogP contribution is 2.32. The van der Waals surface area contributed by atoms with Crippen molar-refractivity contribution in [1.82, 2.24) is 5.32 Å². The van der Waals surface area contributed by atoms with E-state index in [0.29, 0.717) is 12.0 Å². The molecule has 1 saturated heterocycles. The SMILES string of the molecule is CCNC(C1CCOCC1)C(CC)c1ccccc1. The van der Waals surface area contributed by atoms with Crippen LogP contribution in [0.25, 0.3) is 0 Å². The van der Waals surface area contributed by atoms with E-state index in [-0.39, 0.29) is 0 Å². The first-order chi connectivity index (χ1) is 9.36. The molecule has 19 heavy (non-hydrogen) atoms. The topological polar surface area (TPSA) is 21.3 Å². The highest BCUT2D eigenvalue weighted by molar-refractivity contribution is 5.21. The lowest BCUT2D eigenvalue weighted by Crippen LogP contribution is -2.43. The minimum absolute atomic E-state index is 0.585. The molecule has 1 fully saturated rings. The van der Waals surface area contributed by atoms with Gasteiger partial charge in [-0.25, -0.2) is 0 Å². The second kappa shape index (κ2) is 7.66. The van der Waals surface area contributed by atoms with E-state index in [1.54, 1.807) is 0 Å². The third kappa shape index (κ3) is 3.80. The average molecular weight is 261 g/mol. The van der Waals surface area contributed by atoms with Gasteiger partial charge in [0.15, 0.2) is 0 Å². The van der Waals surface area contributed by atoms with Crippen molar-refractivity contribution >= 4 is 0 Å². The van der Waals surface area contributed by atoms with Crippen molar-refractivity contribution in [2.45, 2.75) is 45.1 Å². The Kier molecular flexibility index (Phi) is 5.87. The van der Waals surface area contributed by atoms with Gasteiger partial charge in [-0.15, -0.1) is 0 Å². The van der Waals surface area contributed by atoms with Gasteiger partial charge in [-0.3, -0.25) is 0 Å². The van der Waals surface area contributed by atoms with Crippen LogP contribution in [0.2, 0.25) is 0 Å². The summed E-state index contributed by atoms with van der Waals surface area (Å²) < 4.78 is 5.52. The van der Waals surface area contributed by atoms with Crippen LogP contribution in [0.15, 0.2) is 30.3 Å². The lowest BCUT2D eigenvalue weighted by Gasteiger charge is -2.36. The summed E-state index contributed by atoms with van der Waals surface area (Å²) in [7, 11) is 0. The zero-order valence-electron chi connectivity index (χ0n) is 12.3. The minimum Gasteiger partial charge on any atom is -0.381 e. The zero-order valence-corrected chi connectivity index (χ0v) is 12.3. The summed E-state index contributed by atoms with van der Waals surface area (Å²) in [6, 6.07) is 11.6. The highest BCUT2D eigenvalue weighted by atomic mass is 16.5. The number of hydrogen-bond donors (Lipinski definition) is 1. The maximum Gasteiger partial charge on any atom is 0.0469 e. The monoisotopic (exact) mass is 261 g/mol. The molecule has 0 bridgehead atoms. The van der Waals surface area contributed by atoms with Crippen LogP contribution in [0, 0.1) is 5.92 Å². The lowest BCUT2D eigenvalue weighted by atomic mass is 9.78. The zero-order chi connectivity index (χ0) is 13.5. The van der Waals surface area contributed by atoms with Crippen molar-refractivity contribution in [1.29, 1.82) is 0 Å². The quantitative estimate of drug-likeness (QED) is 0.845. The van der Waals surface area contributed by atoms with Gasteiger partial charge < -0.3 is 10.1 Å². The molecule has 1 aromatic carbocycles. The van der Waals surface area contributed by atoms with Gasteiger partial charge in [-0.05, 0) is 43.2 Å². The Labute approximate surface area is 117 Å². The Bertz CT molecular complexity index is 346. The minimum atomic E-state index is 0.585. The van der Waals surface area contributed by atoms with E-state index < -0.39 is 0 Å². The molecule has 1 heterocycles. The summed E-state index contributed by atoms with van der Waals surface area (Å²) in [5.74, 6) is 1.36. The van der Waals surface area contributed by atoms with Crippen LogP contribution in [0.5, 0.6) is 0 Å². The van der Waals surface area contributed by atoms with Crippen molar-refractivity contribution < 1.29 is 4.74 Å². The van der Waals surface area contributed by atoms with Gasteiger partial charge in [0.05, 0.1) is 0 Å². The number of ether oxygens (including phenoxy) is 1. The first-order valence-corrected chi connectivity index (χ1v) is 7.72. The fourth-order valence-corrected chi connectivity index (χ4v) is 3.35. The molecule has 2 rings (SSSR count). The summed E-state index contributed by atoms with van der Waals surface area (Å²) in [5, 5.41) is 3.75. The smallest absolute Gasteiger partial charge is 0.0469 e. The normalized spacial score (nSPS) is 20.1. The van der Waals surface area contributed by atoms with Crippen LogP contribution in [-0.4, -0.2) is 25.8 Å². The van der Waals surface area contributed by atoms with Crippen LogP contribution in [-0.2, 0) is 4.74 Å². The van der Waals surface area contributed by atoms with Crippen LogP contribution in [0.1, 0.15) is 44.6 Å². The second-order valence-electron chi connectivity index (χ2n) is 5.46. The van der Waals surface area contributed by atoms with Crippen LogP contribution in [0.3, 0.4) is 0 Å². The summed E-state index contributed by atoms with van der Waals surface area (Å²) in [6.45, 7) is 7.42. The summed E-state index contributed by atoms with van der Waals surface area (Å²) >= 11 is 0. The predicted octanol–water partition coefficient (Wildman–Crippen LogP) is 3.58. The highest BCUT2D eigenvalue weighted by Gasteiger charge is 2.30. The van der Waals surface area contributed by atoms with E-state index in [2.05, 4.69) is 49.5 Å². The number of rotatable bonds is 6.